The smallest absolute Gasteiger partial charge is 0.222 e. The molecule has 0 aliphatic carbocycles. The summed E-state index contributed by atoms with van der Waals surface area (Å²) < 4.78 is 35.2. The van der Waals surface area contributed by atoms with E-state index in [1.807, 2.05) is 55.9 Å². The summed E-state index contributed by atoms with van der Waals surface area (Å²) in [5, 5.41) is 5.26. The molecule has 0 saturated heterocycles. The molecule has 0 radical (unpaired) electrons. The lowest BCUT2D eigenvalue weighted by Crippen LogP contribution is -2.38. The molecular weight excluding hydrogens is 460 g/mol. The van der Waals surface area contributed by atoms with Crippen LogP contribution in [0.25, 0.3) is 10.8 Å². The maximum atomic E-state index is 15.0. The number of guanidine groups is 1. The molecule has 0 spiro atoms. The van der Waals surface area contributed by atoms with Gasteiger partial charge >= 0.3 is 0 Å². The number of fused-ring (bicyclic) bond motifs is 2. The number of benzene rings is 3. The number of hydrogen-bond donors (Lipinski definition) is 1. The van der Waals surface area contributed by atoms with E-state index in [0.717, 1.165) is 22.1 Å². The molecular formula is C28H31F2N5O. The van der Waals surface area contributed by atoms with Gasteiger partial charge in [-0.25, -0.2) is 13.8 Å². The number of ether oxygens (including phenoxy) is 1. The third kappa shape index (κ3) is 5.17. The van der Waals surface area contributed by atoms with Gasteiger partial charge in [-0.1, -0.05) is 18.7 Å². The van der Waals surface area contributed by atoms with Crippen molar-refractivity contribution < 1.29 is 13.5 Å². The largest absolute Gasteiger partial charge is 0.486 e. The molecule has 1 heterocycles. The van der Waals surface area contributed by atoms with Crippen molar-refractivity contribution in [1.82, 2.24) is 0 Å². The fraction of sp³-hybridized carbons (Fsp3) is 0.286. The van der Waals surface area contributed by atoms with Crippen molar-refractivity contribution >= 4 is 39.5 Å². The minimum atomic E-state index is -0.792. The van der Waals surface area contributed by atoms with Gasteiger partial charge in [0, 0.05) is 44.1 Å². The molecule has 0 unspecified atom stereocenters. The Hall–Kier alpha value is -3.94. The summed E-state index contributed by atoms with van der Waals surface area (Å²) in [4.78, 5) is 12.6. The molecule has 0 fully saturated rings. The third-order valence-electron chi connectivity index (χ3n) is 6.09. The minimum absolute atomic E-state index is 0.102. The molecule has 0 amide bonds. The van der Waals surface area contributed by atoms with Gasteiger partial charge in [-0.2, -0.15) is 0 Å². The number of nitrogens with one attached hydrogen (secondary N) is 1. The number of aliphatic imine (C=N–C) groups is 2. The van der Waals surface area contributed by atoms with Crippen LogP contribution in [0.2, 0.25) is 0 Å². The molecule has 0 saturated carbocycles. The van der Waals surface area contributed by atoms with E-state index in [2.05, 4.69) is 40.1 Å². The summed E-state index contributed by atoms with van der Waals surface area (Å²) in [5.74, 6) is -1.03. The monoisotopic (exact) mass is 491 g/mol. The van der Waals surface area contributed by atoms with E-state index in [1.165, 1.54) is 6.07 Å². The van der Waals surface area contributed by atoms with E-state index < -0.39 is 11.6 Å². The van der Waals surface area contributed by atoms with Gasteiger partial charge in [-0.3, -0.25) is 4.99 Å². The zero-order valence-electron chi connectivity index (χ0n) is 21.3. The lowest BCUT2D eigenvalue weighted by molar-refractivity contribution is 0.287. The first-order chi connectivity index (χ1) is 17.2. The molecule has 0 bridgehead atoms. The quantitative estimate of drug-likeness (QED) is 0.350. The summed E-state index contributed by atoms with van der Waals surface area (Å²) in [6.45, 7) is 8.46. The topological polar surface area (TPSA) is 52.5 Å². The van der Waals surface area contributed by atoms with E-state index in [4.69, 9.17) is 4.74 Å². The Bertz CT molecular complexity index is 1360. The SMILES string of the molecule is C=C(F)C(=NC(=NC)Nc1ccc2ccc(N(C)C)cc2c1)c1cc(F)c2c(c1)N(C(C)C)CCO2. The summed E-state index contributed by atoms with van der Waals surface area (Å²) in [6, 6.07) is 15.1. The molecule has 1 aliphatic heterocycles. The van der Waals surface area contributed by atoms with E-state index in [9.17, 15) is 8.78 Å². The van der Waals surface area contributed by atoms with Crippen LogP contribution in [0.1, 0.15) is 19.4 Å². The molecule has 1 N–H and O–H groups in total. The Balaban J connectivity index is 1.70. The highest BCUT2D eigenvalue weighted by molar-refractivity contribution is 6.17. The fourth-order valence-corrected chi connectivity index (χ4v) is 4.22. The van der Waals surface area contributed by atoms with E-state index in [1.54, 1.807) is 13.1 Å². The van der Waals surface area contributed by atoms with Crippen LogP contribution in [0.3, 0.4) is 0 Å². The molecule has 3 aromatic rings. The number of nitrogens with zero attached hydrogens (tertiary/aromatic N) is 4. The van der Waals surface area contributed by atoms with Gasteiger partial charge in [0.1, 0.15) is 18.1 Å². The molecule has 0 aromatic heterocycles. The van der Waals surface area contributed by atoms with Crippen LogP contribution in [0.4, 0.5) is 25.8 Å². The van der Waals surface area contributed by atoms with Gasteiger partial charge in [0.05, 0.1) is 12.2 Å². The Labute approximate surface area is 210 Å². The number of rotatable bonds is 5. The Morgan fingerprint density at radius 3 is 2.53 bits per heavy atom. The van der Waals surface area contributed by atoms with Crippen molar-refractivity contribution in [3.8, 4) is 5.75 Å². The minimum Gasteiger partial charge on any atom is -0.486 e. The average Bonchev–Trinajstić information content (AvgIpc) is 2.85. The number of halogens is 2. The standard InChI is InChI=1S/C28H31F2N5O/c1-17(2)35-11-12-36-27-24(30)15-21(16-25(27)35)26(18(3)29)33-28(31-4)32-22-9-7-19-8-10-23(34(5)6)14-20(19)13-22/h7-10,13-17H,3,11-12H2,1-2,4-6H3,(H,31,32). The van der Waals surface area contributed by atoms with E-state index in [-0.39, 0.29) is 29.0 Å². The maximum Gasteiger partial charge on any atom is 0.222 e. The fourth-order valence-electron chi connectivity index (χ4n) is 4.22. The van der Waals surface area contributed by atoms with Crippen LogP contribution < -0.4 is 19.9 Å². The molecule has 0 atom stereocenters. The summed E-state index contributed by atoms with van der Waals surface area (Å²) in [7, 11) is 5.53. The van der Waals surface area contributed by atoms with Crippen molar-refractivity contribution in [3.05, 3.63) is 72.3 Å². The Kier molecular flexibility index (Phi) is 7.24. The lowest BCUT2D eigenvalue weighted by Gasteiger charge is -2.34. The Morgan fingerprint density at radius 1 is 1.11 bits per heavy atom. The third-order valence-corrected chi connectivity index (χ3v) is 6.09. The predicted molar refractivity (Wildman–Crippen MR) is 146 cm³/mol. The van der Waals surface area contributed by atoms with Crippen molar-refractivity contribution in [2.45, 2.75) is 19.9 Å². The molecule has 1 aliphatic rings. The van der Waals surface area contributed by atoms with Gasteiger partial charge in [0.2, 0.25) is 5.96 Å². The summed E-state index contributed by atoms with van der Waals surface area (Å²) >= 11 is 0. The first kappa shape index (κ1) is 25.2. The van der Waals surface area contributed by atoms with Crippen molar-refractivity contribution in [1.29, 1.82) is 0 Å². The highest BCUT2D eigenvalue weighted by Crippen LogP contribution is 2.37. The van der Waals surface area contributed by atoms with Crippen LogP contribution in [0, 0.1) is 5.82 Å². The second-order valence-electron chi connectivity index (χ2n) is 9.12. The zero-order chi connectivity index (χ0) is 26.0. The lowest BCUT2D eigenvalue weighted by atomic mass is 10.1. The van der Waals surface area contributed by atoms with Gasteiger partial charge in [0.25, 0.3) is 0 Å². The molecule has 36 heavy (non-hydrogen) atoms. The predicted octanol–water partition coefficient (Wildman–Crippen LogP) is 6.02. The number of anilines is 3. The molecule has 4 rings (SSSR count). The molecule has 6 nitrogen and oxygen atoms in total. The number of hydrogen-bond acceptors (Lipinski definition) is 4. The molecule has 188 valence electrons. The Morgan fingerprint density at radius 2 is 1.86 bits per heavy atom. The van der Waals surface area contributed by atoms with Crippen LogP contribution in [-0.4, -0.2) is 52.0 Å². The average molecular weight is 492 g/mol. The molecule has 3 aromatic carbocycles. The van der Waals surface area contributed by atoms with Crippen molar-refractivity contribution in [2.75, 3.05) is 49.4 Å². The summed E-state index contributed by atoms with van der Waals surface area (Å²) in [6.07, 6.45) is 0. The van der Waals surface area contributed by atoms with Crippen LogP contribution in [0.15, 0.2) is 70.9 Å². The maximum absolute atomic E-state index is 15.0. The second kappa shape index (κ2) is 10.4. The van der Waals surface area contributed by atoms with Gasteiger partial charge in [-0.05, 0) is 61.0 Å². The molecule has 8 heteroatoms. The second-order valence-corrected chi connectivity index (χ2v) is 9.12. The first-order valence-corrected chi connectivity index (χ1v) is 11.8. The van der Waals surface area contributed by atoms with Gasteiger partial charge < -0.3 is 19.9 Å². The van der Waals surface area contributed by atoms with E-state index in [0.29, 0.717) is 18.8 Å². The first-order valence-electron chi connectivity index (χ1n) is 11.8. The van der Waals surface area contributed by atoms with Gasteiger partial charge in [-0.15, -0.1) is 0 Å². The van der Waals surface area contributed by atoms with Crippen LogP contribution in [0.5, 0.6) is 5.75 Å². The number of allylic oxidation sites excluding steroid dienone is 1. The highest BCUT2D eigenvalue weighted by Gasteiger charge is 2.26. The van der Waals surface area contributed by atoms with Gasteiger partial charge in [0.15, 0.2) is 11.6 Å². The summed E-state index contributed by atoms with van der Waals surface area (Å²) in [5.41, 5.74) is 2.53. The van der Waals surface area contributed by atoms with Crippen LogP contribution in [-0.2, 0) is 0 Å². The normalized spacial score (nSPS) is 14.1. The van der Waals surface area contributed by atoms with Crippen molar-refractivity contribution in [3.63, 3.8) is 0 Å². The highest BCUT2D eigenvalue weighted by atomic mass is 19.1. The van der Waals surface area contributed by atoms with Crippen LogP contribution >= 0.6 is 0 Å². The van der Waals surface area contributed by atoms with E-state index >= 15 is 0 Å². The van der Waals surface area contributed by atoms with Crippen molar-refractivity contribution in [2.24, 2.45) is 9.98 Å². The zero-order valence-corrected chi connectivity index (χ0v) is 21.3.